The number of thioether (sulfide) groups is 2. The van der Waals surface area contributed by atoms with Crippen LogP contribution in [0.1, 0.15) is 0 Å². The Bertz CT molecular complexity index is 919. The minimum atomic E-state index is 1.32. The fourth-order valence-electron chi connectivity index (χ4n) is 3.23. The predicted molar refractivity (Wildman–Crippen MR) is 103 cm³/mol. The lowest BCUT2D eigenvalue weighted by Gasteiger charge is -2.14. The van der Waals surface area contributed by atoms with Crippen LogP contribution in [0.2, 0.25) is 0 Å². The van der Waals surface area contributed by atoms with Crippen molar-refractivity contribution in [1.82, 2.24) is 0 Å². The Morgan fingerprint density at radius 3 is 1.36 bits per heavy atom. The fourth-order valence-corrected chi connectivity index (χ4v) is 4.82. The van der Waals surface area contributed by atoms with Crippen molar-refractivity contribution < 1.29 is 0 Å². The summed E-state index contributed by atoms with van der Waals surface area (Å²) >= 11 is 3.69. The van der Waals surface area contributed by atoms with Gasteiger partial charge in [-0.3, -0.25) is 0 Å². The lowest BCUT2D eigenvalue weighted by Crippen LogP contribution is -1.86. The van der Waals surface area contributed by atoms with Crippen LogP contribution in [0.3, 0.4) is 0 Å². The fraction of sp³-hybridized carbons (Fsp3) is 0.100. The molecule has 0 aliphatic rings. The molecule has 0 N–H and O–H groups in total. The van der Waals surface area contributed by atoms with Crippen molar-refractivity contribution in [1.29, 1.82) is 0 Å². The summed E-state index contributed by atoms with van der Waals surface area (Å²) in [6.45, 7) is 0. The highest BCUT2D eigenvalue weighted by Crippen LogP contribution is 2.41. The first-order valence-electron chi connectivity index (χ1n) is 7.28. The molecule has 0 bridgehead atoms. The van der Waals surface area contributed by atoms with E-state index < -0.39 is 0 Å². The quantitative estimate of drug-likeness (QED) is 0.302. The summed E-state index contributed by atoms with van der Waals surface area (Å²) in [5.74, 6) is 0. The van der Waals surface area contributed by atoms with Gasteiger partial charge in [0, 0.05) is 9.79 Å². The maximum absolute atomic E-state index is 2.35. The third-order valence-corrected chi connectivity index (χ3v) is 5.89. The SMILES string of the molecule is CSc1c2ccccc2cc2c(SC)c3ccccc3cc12. The molecule has 0 saturated carbocycles. The number of hydrogen-bond donors (Lipinski definition) is 0. The second-order valence-electron chi connectivity index (χ2n) is 5.36. The summed E-state index contributed by atoms with van der Waals surface area (Å²) in [6, 6.07) is 22.1. The molecule has 0 heterocycles. The van der Waals surface area contributed by atoms with E-state index in [9.17, 15) is 0 Å². The van der Waals surface area contributed by atoms with E-state index in [1.165, 1.54) is 42.1 Å². The van der Waals surface area contributed by atoms with Gasteiger partial charge in [0.15, 0.2) is 0 Å². The molecule has 0 spiro atoms. The number of hydrogen-bond acceptors (Lipinski definition) is 2. The summed E-state index contributed by atoms with van der Waals surface area (Å²) in [4.78, 5) is 2.77. The van der Waals surface area contributed by atoms with E-state index in [2.05, 4.69) is 73.2 Å². The van der Waals surface area contributed by atoms with Crippen LogP contribution in [0.4, 0.5) is 0 Å². The lowest BCUT2D eigenvalue weighted by molar-refractivity contribution is 1.57. The van der Waals surface area contributed by atoms with Crippen LogP contribution >= 0.6 is 23.5 Å². The topological polar surface area (TPSA) is 0 Å². The summed E-state index contributed by atoms with van der Waals surface area (Å²) < 4.78 is 0. The Morgan fingerprint density at radius 2 is 0.955 bits per heavy atom. The molecule has 0 atom stereocenters. The highest BCUT2D eigenvalue weighted by molar-refractivity contribution is 7.99. The van der Waals surface area contributed by atoms with Crippen LogP contribution in [0.15, 0.2) is 70.5 Å². The Hall–Kier alpha value is -1.64. The largest absolute Gasteiger partial charge is 0.128 e. The van der Waals surface area contributed by atoms with E-state index in [-0.39, 0.29) is 0 Å². The van der Waals surface area contributed by atoms with Crippen molar-refractivity contribution in [3.05, 3.63) is 60.7 Å². The molecule has 0 fully saturated rings. The zero-order valence-electron chi connectivity index (χ0n) is 12.6. The van der Waals surface area contributed by atoms with Gasteiger partial charge in [-0.15, -0.1) is 23.5 Å². The van der Waals surface area contributed by atoms with Crippen molar-refractivity contribution in [2.24, 2.45) is 0 Å². The third-order valence-electron chi connectivity index (χ3n) is 4.20. The van der Waals surface area contributed by atoms with Crippen molar-refractivity contribution in [2.45, 2.75) is 9.79 Å². The molecule has 0 aliphatic heterocycles. The Kier molecular flexibility index (Phi) is 3.51. The van der Waals surface area contributed by atoms with E-state index in [0.29, 0.717) is 0 Å². The minimum Gasteiger partial charge on any atom is -0.128 e. The lowest BCUT2D eigenvalue weighted by atomic mass is 9.99. The molecule has 4 aromatic rings. The Labute approximate surface area is 138 Å². The van der Waals surface area contributed by atoms with Crippen molar-refractivity contribution in [3.8, 4) is 0 Å². The average molecular weight is 320 g/mol. The number of fused-ring (bicyclic) bond motifs is 3. The van der Waals surface area contributed by atoms with Crippen molar-refractivity contribution >= 4 is 55.8 Å². The van der Waals surface area contributed by atoms with E-state index in [1.807, 2.05) is 23.5 Å². The maximum atomic E-state index is 2.35. The van der Waals surface area contributed by atoms with Crippen LogP contribution in [-0.2, 0) is 0 Å². The van der Waals surface area contributed by atoms with Gasteiger partial charge in [0.1, 0.15) is 0 Å². The van der Waals surface area contributed by atoms with Gasteiger partial charge < -0.3 is 0 Å². The van der Waals surface area contributed by atoms with Crippen molar-refractivity contribution in [2.75, 3.05) is 12.5 Å². The van der Waals surface area contributed by atoms with E-state index in [1.54, 1.807) is 0 Å². The van der Waals surface area contributed by atoms with Gasteiger partial charge in [-0.1, -0.05) is 48.5 Å². The standard InChI is InChI=1S/C20H16S2/c1-21-19-15-9-5-3-7-13(15)12-18-17(19)11-14-8-4-6-10-16(14)20(18)22-2/h3-12H,1-2H3. The second kappa shape index (κ2) is 5.53. The molecule has 0 aromatic heterocycles. The Morgan fingerprint density at radius 1 is 0.545 bits per heavy atom. The molecule has 0 aliphatic carbocycles. The van der Waals surface area contributed by atoms with E-state index in [0.717, 1.165) is 0 Å². The van der Waals surface area contributed by atoms with E-state index >= 15 is 0 Å². The van der Waals surface area contributed by atoms with Gasteiger partial charge in [0.25, 0.3) is 0 Å². The van der Waals surface area contributed by atoms with Gasteiger partial charge in [-0.25, -0.2) is 0 Å². The molecule has 0 radical (unpaired) electrons. The molecule has 0 saturated heterocycles. The normalized spacial score (nSPS) is 11.5. The smallest absolute Gasteiger partial charge is 0.0227 e. The summed E-state index contributed by atoms with van der Waals surface area (Å²) in [7, 11) is 0. The van der Waals surface area contributed by atoms with Gasteiger partial charge in [0.2, 0.25) is 0 Å². The maximum Gasteiger partial charge on any atom is 0.0227 e. The van der Waals surface area contributed by atoms with E-state index in [4.69, 9.17) is 0 Å². The van der Waals surface area contributed by atoms with Gasteiger partial charge in [-0.05, 0) is 57.0 Å². The molecular weight excluding hydrogens is 304 g/mol. The molecule has 0 amide bonds. The molecule has 4 rings (SSSR count). The summed E-state index contributed by atoms with van der Waals surface area (Å²) in [5, 5.41) is 8.09. The summed E-state index contributed by atoms with van der Waals surface area (Å²) in [5.41, 5.74) is 0. The number of rotatable bonds is 2. The highest BCUT2D eigenvalue weighted by Gasteiger charge is 2.12. The number of benzene rings is 4. The first-order valence-corrected chi connectivity index (χ1v) is 9.73. The highest BCUT2D eigenvalue weighted by atomic mass is 32.2. The van der Waals surface area contributed by atoms with Crippen LogP contribution < -0.4 is 0 Å². The zero-order valence-corrected chi connectivity index (χ0v) is 14.2. The minimum absolute atomic E-state index is 1.32. The molecule has 0 nitrogen and oxygen atoms in total. The molecule has 22 heavy (non-hydrogen) atoms. The molecular formula is C20H16S2. The zero-order chi connectivity index (χ0) is 15.1. The van der Waals surface area contributed by atoms with Crippen LogP contribution in [0, 0.1) is 0 Å². The average Bonchev–Trinajstić information content (AvgIpc) is 2.57. The van der Waals surface area contributed by atoms with Crippen molar-refractivity contribution in [3.63, 3.8) is 0 Å². The van der Waals surface area contributed by atoms with Gasteiger partial charge in [-0.2, -0.15) is 0 Å². The third kappa shape index (κ3) is 2.02. The Balaban J connectivity index is 2.30. The monoisotopic (exact) mass is 320 g/mol. The molecule has 4 aromatic carbocycles. The first kappa shape index (κ1) is 14.0. The molecule has 108 valence electrons. The molecule has 2 heteroatoms. The predicted octanol–water partition coefficient (Wildman–Crippen LogP) is 6.59. The van der Waals surface area contributed by atoms with Gasteiger partial charge >= 0.3 is 0 Å². The van der Waals surface area contributed by atoms with Crippen LogP contribution in [0.25, 0.3) is 32.3 Å². The van der Waals surface area contributed by atoms with Crippen LogP contribution in [0.5, 0.6) is 0 Å². The molecule has 0 unspecified atom stereocenters. The summed E-state index contributed by atoms with van der Waals surface area (Å²) in [6.07, 6.45) is 4.35. The first-order chi connectivity index (χ1) is 10.8. The van der Waals surface area contributed by atoms with Crippen LogP contribution in [-0.4, -0.2) is 12.5 Å². The van der Waals surface area contributed by atoms with Gasteiger partial charge in [0.05, 0.1) is 0 Å². The second-order valence-corrected chi connectivity index (χ2v) is 6.99.